The van der Waals surface area contributed by atoms with E-state index in [4.69, 9.17) is 11.6 Å². The molecule has 0 aliphatic rings. The number of nitrogens with zero attached hydrogens (tertiary/aromatic N) is 3. The third-order valence-corrected chi connectivity index (χ3v) is 2.78. The molecular weight excluding hydrogens is 238 g/mol. The summed E-state index contributed by atoms with van der Waals surface area (Å²) in [7, 11) is 1.82. The second kappa shape index (κ2) is 4.30. The van der Waals surface area contributed by atoms with E-state index in [-0.39, 0.29) is 5.78 Å². The summed E-state index contributed by atoms with van der Waals surface area (Å²) < 4.78 is 1.69. The molecule has 2 aromatic rings. The molecule has 0 fully saturated rings. The number of pyridine rings is 1. The van der Waals surface area contributed by atoms with E-state index in [0.29, 0.717) is 5.15 Å². The lowest BCUT2D eigenvalue weighted by Crippen LogP contribution is -1.93. The van der Waals surface area contributed by atoms with Gasteiger partial charge in [0.25, 0.3) is 0 Å². The van der Waals surface area contributed by atoms with Gasteiger partial charge in [0, 0.05) is 18.0 Å². The number of hydrogen-bond acceptors (Lipinski definition) is 3. The number of hydrogen-bond donors (Lipinski definition) is 0. The number of ketones is 1. The summed E-state index contributed by atoms with van der Waals surface area (Å²) in [5.41, 5.74) is 2.36. The topological polar surface area (TPSA) is 47.8 Å². The maximum absolute atomic E-state index is 10.9. The van der Waals surface area contributed by atoms with Gasteiger partial charge in [0.15, 0.2) is 11.4 Å². The van der Waals surface area contributed by atoms with E-state index in [2.05, 4.69) is 10.1 Å². The Hall–Kier alpha value is -1.68. The molecule has 0 aliphatic carbocycles. The minimum atomic E-state index is -0.0240. The van der Waals surface area contributed by atoms with Crippen LogP contribution in [0.2, 0.25) is 5.15 Å². The molecule has 0 aliphatic heterocycles. The highest BCUT2D eigenvalue weighted by molar-refractivity contribution is 6.31. The lowest BCUT2D eigenvalue weighted by atomic mass is 10.2. The van der Waals surface area contributed by atoms with Crippen LogP contribution in [0.25, 0.3) is 17.1 Å². The first-order valence-electron chi connectivity index (χ1n) is 5.17. The van der Waals surface area contributed by atoms with Crippen LogP contribution in [0.4, 0.5) is 0 Å². The first-order chi connectivity index (χ1) is 7.99. The molecular formula is C12H12ClN3O. The Labute approximate surface area is 104 Å². The van der Waals surface area contributed by atoms with Gasteiger partial charge in [0.2, 0.25) is 0 Å². The third kappa shape index (κ3) is 2.22. The third-order valence-electron chi connectivity index (χ3n) is 2.48. The number of carbonyl (C=O) groups excluding carboxylic acids is 1. The van der Waals surface area contributed by atoms with Crippen molar-refractivity contribution in [2.24, 2.45) is 7.05 Å². The largest absolute Gasteiger partial charge is 0.295 e. The molecule has 0 atom stereocenters. The maximum Gasteiger partial charge on any atom is 0.159 e. The van der Waals surface area contributed by atoms with E-state index >= 15 is 0 Å². The average Bonchev–Trinajstić information content (AvgIpc) is 2.51. The molecule has 0 saturated heterocycles. The summed E-state index contributed by atoms with van der Waals surface area (Å²) in [6.07, 6.45) is 3.14. The smallest absolute Gasteiger partial charge is 0.159 e. The summed E-state index contributed by atoms with van der Waals surface area (Å²) in [4.78, 5) is 15.2. The van der Waals surface area contributed by atoms with E-state index in [1.807, 2.05) is 20.0 Å². The van der Waals surface area contributed by atoms with Crippen LogP contribution >= 0.6 is 11.6 Å². The van der Waals surface area contributed by atoms with Gasteiger partial charge in [-0.1, -0.05) is 11.6 Å². The minimum absolute atomic E-state index is 0.0240. The molecule has 17 heavy (non-hydrogen) atoms. The Kier molecular flexibility index (Phi) is 2.98. The van der Waals surface area contributed by atoms with Gasteiger partial charge in [0.1, 0.15) is 5.15 Å². The van der Waals surface area contributed by atoms with E-state index in [1.54, 1.807) is 10.8 Å². The van der Waals surface area contributed by atoms with Crippen molar-refractivity contribution in [1.82, 2.24) is 14.8 Å². The normalized spacial score (nSPS) is 11.5. The molecule has 5 heteroatoms. The second-order valence-corrected chi connectivity index (χ2v) is 4.25. The quantitative estimate of drug-likeness (QED) is 0.607. The SMILES string of the molecule is CC(=O)C=Cc1cc2c(C)nn(C)c2nc1Cl. The van der Waals surface area contributed by atoms with Crippen molar-refractivity contribution in [2.75, 3.05) is 0 Å². The number of allylic oxidation sites excluding steroid dienone is 1. The van der Waals surface area contributed by atoms with Gasteiger partial charge in [-0.3, -0.25) is 9.48 Å². The van der Waals surface area contributed by atoms with Crippen molar-refractivity contribution in [2.45, 2.75) is 13.8 Å². The van der Waals surface area contributed by atoms with Crippen LogP contribution < -0.4 is 0 Å². The predicted octanol–water partition coefficient (Wildman–Crippen LogP) is 2.53. The Balaban J connectivity index is 2.62. The fourth-order valence-corrected chi connectivity index (χ4v) is 1.86. The van der Waals surface area contributed by atoms with Gasteiger partial charge < -0.3 is 0 Å². The van der Waals surface area contributed by atoms with Crippen LogP contribution in [-0.4, -0.2) is 20.5 Å². The first kappa shape index (κ1) is 11.8. The van der Waals surface area contributed by atoms with Crippen LogP contribution in [0.15, 0.2) is 12.1 Å². The Morgan fingerprint density at radius 3 is 2.88 bits per heavy atom. The summed E-state index contributed by atoms with van der Waals surface area (Å²) in [5.74, 6) is -0.0240. The van der Waals surface area contributed by atoms with Crippen LogP contribution in [0.5, 0.6) is 0 Å². The summed E-state index contributed by atoms with van der Waals surface area (Å²) >= 11 is 6.05. The highest BCUT2D eigenvalue weighted by Crippen LogP contribution is 2.23. The molecule has 0 radical (unpaired) electrons. The van der Waals surface area contributed by atoms with Crippen LogP contribution in [0.3, 0.4) is 0 Å². The van der Waals surface area contributed by atoms with Crippen LogP contribution in [0, 0.1) is 6.92 Å². The van der Waals surface area contributed by atoms with Gasteiger partial charge in [0.05, 0.1) is 5.69 Å². The number of aryl methyl sites for hydroxylation is 2. The maximum atomic E-state index is 10.9. The van der Waals surface area contributed by atoms with E-state index < -0.39 is 0 Å². The monoisotopic (exact) mass is 249 g/mol. The van der Waals surface area contributed by atoms with Crippen molar-refractivity contribution in [3.63, 3.8) is 0 Å². The fraction of sp³-hybridized carbons (Fsp3) is 0.250. The van der Waals surface area contributed by atoms with Crippen molar-refractivity contribution >= 4 is 34.5 Å². The number of aromatic nitrogens is 3. The van der Waals surface area contributed by atoms with Crippen molar-refractivity contribution in [3.05, 3.63) is 28.6 Å². The zero-order valence-electron chi connectivity index (χ0n) is 9.86. The van der Waals surface area contributed by atoms with Gasteiger partial charge in [-0.05, 0) is 32.1 Å². The molecule has 0 saturated carbocycles. The molecule has 0 spiro atoms. The molecule has 2 rings (SSSR count). The minimum Gasteiger partial charge on any atom is -0.295 e. The van der Waals surface area contributed by atoms with Gasteiger partial charge in [-0.2, -0.15) is 5.10 Å². The van der Waals surface area contributed by atoms with Crippen LogP contribution in [0.1, 0.15) is 18.2 Å². The number of rotatable bonds is 2. The van der Waals surface area contributed by atoms with Gasteiger partial charge in [-0.25, -0.2) is 4.98 Å². The van der Waals surface area contributed by atoms with Gasteiger partial charge >= 0.3 is 0 Å². The van der Waals surface area contributed by atoms with E-state index in [0.717, 1.165) is 22.3 Å². The first-order valence-corrected chi connectivity index (χ1v) is 5.55. The summed E-state index contributed by atoms with van der Waals surface area (Å²) in [5, 5.41) is 5.59. The molecule has 0 unspecified atom stereocenters. The number of fused-ring (bicyclic) bond motifs is 1. The highest BCUT2D eigenvalue weighted by Gasteiger charge is 2.09. The molecule has 0 aromatic carbocycles. The van der Waals surface area contributed by atoms with Crippen molar-refractivity contribution in [3.8, 4) is 0 Å². The van der Waals surface area contributed by atoms with Crippen molar-refractivity contribution in [1.29, 1.82) is 0 Å². The molecule has 0 bridgehead atoms. The molecule has 4 nitrogen and oxygen atoms in total. The van der Waals surface area contributed by atoms with Gasteiger partial charge in [-0.15, -0.1) is 0 Å². The van der Waals surface area contributed by atoms with Crippen molar-refractivity contribution < 1.29 is 4.79 Å². The molecule has 2 heterocycles. The van der Waals surface area contributed by atoms with E-state index in [1.165, 1.54) is 13.0 Å². The highest BCUT2D eigenvalue weighted by atomic mass is 35.5. The predicted molar refractivity (Wildman–Crippen MR) is 68.0 cm³/mol. The molecule has 0 N–H and O–H groups in total. The fourth-order valence-electron chi connectivity index (χ4n) is 1.66. The number of carbonyl (C=O) groups is 1. The van der Waals surface area contributed by atoms with Crippen LogP contribution in [-0.2, 0) is 11.8 Å². The summed E-state index contributed by atoms with van der Waals surface area (Å²) in [6, 6.07) is 1.90. The second-order valence-electron chi connectivity index (χ2n) is 3.89. The summed E-state index contributed by atoms with van der Waals surface area (Å²) in [6.45, 7) is 3.40. The number of halogens is 1. The zero-order chi connectivity index (χ0) is 12.6. The molecule has 2 aromatic heterocycles. The Bertz CT molecular complexity index is 628. The Morgan fingerprint density at radius 2 is 2.24 bits per heavy atom. The molecule has 88 valence electrons. The lowest BCUT2D eigenvalue weighted by molar-refractivity contribution is -0.112. The average molecular weight is 250 g/mol. The van der Waals surface area contributed by atoms with E-state index in [9.17, 15) is 4.79 Å². The standard InChI is InChI=1S/C12H12ClN3O/c1-7(17)4-5-9-6-10-8(2)15-16(3)12(10)14-11(9)13/h4-6H,1-3H3. The lowest BCUT2D eigenvalue weighted by Gasteiger charge is -1.99. The Morgan fingerprint density at radius 1 is 1.53 bits per heavy atom. The molecule has 0 amide bonds. The zero-order valence-corrected chi connectivity index (χ0v) is 10.6.